The summed E-state index contributed by atoms with van der Waals surface area (Å²) < 4.78 is 10.1. The standard InChI is InChI=1S/C15H15NO4/c1-3-11-20-14-8-6-5-7-12(14)9-10-13(16-18)15(17)19-4-2/h1,5-10,18H,4,11H2,2H3/b10-9+,16-13-. The minimum absolute atomic E-state index is 0.143. The number of ether oxygens (including phenoxy) is 2. The van der Waals surface area contributed by atoms with E-state index in [9.17, 15) is 4.79 Å². The molecule has 1 N–H and O–H groups in total. The maximum Gasteiger partial charge on any atom is 0.360 e. The Morgan fingerprint density at radius 2 is 2.25 bits per heavy atom. The van der Waals surface area contributed by atoms with Gasteiger partial charge in [-0.3, -0.25) is 0 Å². The van der Waals surface area contributed by atoms with Gasteiger partial charge in [-0.1, -0.05) is 29.3 Å². The van der Waals surface area contributed by atoms with E-state index in [1.807, 2.05) is 6.07 Å². The fraction of sp³-hybridized carbons (Fsp3) is 0.200. The van der Waals surface area contributed by atoms with E-state index in [2.05, 4.69) is 11.1 Å². The first-order valence-electron chi connectivity index (χ1n) is 5.95. The Morgan fingerprint density at radius 3 is 2.90 bits per heavy atom. The number of esters is 1. The smallest absolute Gasteiger partial charge is 0.360 e. The number of benzene rings is 1. The molecule has 0 aliphatic heterocycles. The third-order valence-electron chi connectivity index (χ3n) is 2.24. The van der Waals surface area contributed by atoms with E-state index in [0.29, 0.717) is 11.3 Å². The zero-order valence-electron chi connectivity index (χ0n) is 11.1. The highest BCUT2D eigenvalue weighted by molar-refractivity contribution is 6.41. The van der Waals surface area contributed by atoms with E-state index < -0.39 is 5.97 Å². The maximum atomic E-state index is 11.4. The van der Waals surface area contributed by atoms with Gasteiger partial charge < -0.3 is 14.7 Å². The highest BCUT2D eigenvalue weighted by Crippen LogP contribution is 2.19. The summed E-state index contributed by atoms with van der Waals surface area (Å²) in [5, 5.41) is 11.7. The van der Waals surface area contributed by atoms with Crippen LogP contribution in [0.4, 0.5) is 0 Å². The molecule has 0 aromatic heterocycles. The second-order valence-electron chi connectivity index (χ2n) is 3.57. The maximum absolute atomic E-state index is 11.4. The third kappa shape index (κ3) is 4.50. The van der Waals surface area contributed by atoms with Gasteiger partial charge >= 0.3 is 5.97 Å². The van der Waals surface area contributed by atoms with Gasteiger partial charge in [-0.25, -0.2) is 4.79 Å². The molecule has 0 aliphatic rings. The Bertz CT molecular complexity index is 555. The summed E-state index contributed by atoms with van der Waals surface area (Å²) in [7, 11) is 0. The highest BCUT2D eigenvalue weighted by atomic mass is 16.5. The molecule has 1 rings (SSSR count). The van der Waals surface area contributed by atoms with Crippen molar-refractivity contribution in [2.75, 3.05) is 13.2 Å². The molecule has 0 aliphatic carbocycles. The van der Waals surface area contributed by atoms with Crippen molar-refractivity contribution in [2.45, 2.75) is 6.92 Å². The van der Waals surface area contributed by atoms with Crippen LogP contribution in [0.1, 0.15) is 12.5 Å². The number of carbonyl (C=O) groups is 1. The summed E-state index contributed by atoms with van der Waals surface area (Å²) in [5.41, 5.74) is 0.506. The summed E-state index contributed by atoms with van der Waals surface area (Å²) in [4.78, 5) is 11.4. The topological polar surface area (TPSA) is 68.1 Å². The zero-order chi connectivity index (χ0) is 14.8. The van der Waals surface area contributed by atoms with Crippen molar-refractivity contribution in [1.29, 1.82) is 0 Å². The first kappa shape index (κ1) is 15.3. The molecule has 0 amide bonds. The minimum atomic E-state index is -0.701. The van der Waals surface area contributed by atoms with Crippen molar-refractivity contribution in [2.24, 2.45) is 5.16 Å². The predicted octanol–water partition coefficient (Wildman–Crippen LogP) is 2.11. The number of hydrogen-bond acceptors (Lipinski definition) is 5. The van der Waals surface area contributed by atoms with E-state index in [4.69, 9.17) is 21.1 Å². The molecule has 0 radical (unpaired) electrons. The number of hydrogen-bond donors (Lipinski definition) is 1. The van der Waals surface area contributed by atoms with E-state index >= 15 is 0 Å². The first-order valence-corrected chi connectivity index (χ1v) is 5.95. The van der Waals surface area contributed by atoms with Gasteiger partial charge in [-0.05, 0) is 25.1 Å². The van der Waals surface area contributed by atoms with Crippen molar-refractivity contribution >= 4 is 17.8 Å². The molecule has 0 unspecified atom stereocenters. The van der Waals surface area contributed by atoms with Gasteiger partial charge in [0.1, 0.15) is 12.4 Å². The van der Waals surface area contributed by atoms with Crippen LogP contribution in [0, 0.1) is 12.3 Å². The molecule has 0 fully saturated rings. The zero-order valence-corrected chi connectivity index (χ0v) is 11.1. The number of terminal acetylenes is 1. The van der Waals surface area contributed by atoms with Crippen LogP contribution in [-0.2, 0) is 9.53 Å². The molecule has 0 spiro atoms. The lowest BCUT2D eigenvalue weighted by atomic mass is 10.1. The van der Waals surface area contributed by atoms with Gasteiger partial charge in [0.05, 0.1) is 6.61 Å². The highest BCUT2D eigenvalue weighted by Gasteiger charge is 2.09. The van der Waals surface area contributed by atoms with Gasteiger partial charge in [-0.2, -0.15) is 0 Å². The van der Waals surface area contributed by atoms with Crippen LogP contribution in [0.3, 0.4) is 0 Å². The number of rotatable bonds is 6. The van der Waals surface area contributed by atoms with Gasteiger partial charge in [0.2, 0.25) is 0 Å². The average molecular weight is 273 g/mol. The molecule has 0 saturated heterocycles. The van der Waals surface area contributed by atoms with Gasteiger partial charge in [-0.15, -0.1) is 6.42 Å². The molecule has 20 heavy (non-hydrogen) atoms. The van der Waals surface area contributed by atoms with Gasteiger partial charge in [0, 0.05) is 5.56 Å². The quantitative estimate of drug-likeness (QED) is 0.283. The Morgan fingerprint density at radius 1 is 1.50 bits per heavy atom. The summed E-state index contributed by atoms with van der Waals surface area (Å²) in [6, 6.07) is 7.14. The first-order chi connectivity index (χ1) is 9.72. The fourth-order valence-electron chi connectivity index (χ4n) is 1.39. The molecule has 5 heteroatoms. The van der Waals surface area contributed by atoms with Gasteiger partial charge in [0.25, 0.3) is 0 Å². The van der Waals surface area contributed by atoms with E-state index in [0.717, 1.165) is 0 Å². The molecule has 0 bridgehead atoms. The third-order valence-corrected chi connectivity index (χ3v) is 2.24. The SMILES string of the molecule is C#CCOc1ccccc1/C=C/C(=N/O)C(=O)OCC. The lowest BCUT2D eigenvalue weighted by Gasteiger charge is -2.05. The Labute approximate surface area is 117 Å². The molecule has 0 heterocycles. The minimum Gasteiger partial charge on any atom is -0.480 e. The van der Waals surface area contributed by atoms with Crippen LogP contribution >= 0.6 is 0 Å². The second kappa shape index (κ2) is 8.38. The molecular formula is C15H15NO4. The van der Waals surface area contributed by atoms with Gasteiger partial charge in [0.15, 0.2) is 5.71 Å². The Hall–Kier alpha value is -2.74. The summed E-state index contributed by atoms with van der Waals surface area (Å²) in [6.45, 7) is 2.01. The lowest BCUT2D eigenvalue weighted by Crippen LogP contribution is -2.15. The van der Waals surface area contributed by atoms with Crippen LogP contribution in [-0.4, -0.2) is 30.1 Å². The summed E-state index contributed by atoms with van der Waals surface area (Å²) >= 11 is 0. The van der Waals surface area contributed by atoms with Crippen molar-refractivity contribution < 1.29 is 19.5 Å². The molecule has 1 aromatic rings. The summed E-state index contributed by atoms with van der Waals surface area (Å²) in [6.07, 6.45) is 8.06. The summed E-state index contributed by atoms with van der Waals surface area (Å²) in [5.74, 6) is 2.24. The molecule has 0 atom stereocenters. The monoisotopic (exact) mass is 273 g/mol. The van der Waals surface area contributed by atoms with Crippen molar-refractivity contribution in [3.63, 3.8) is 0 Å². The Kier molecular flexibility index (Phi) is 6.42. The number of nitrogens with zero attached hydrogens (tertiary/aromatic N) is 1. The second-order valence-corrected chi connectivity index (χ2v) is 3.57. The van der Waals surface area contributed by atoms with Crippen molar-refractivity contribution in [1.82, 2.24) is 0 Å². The van der Waals surface area contributed by atoms with Crippen molar-refractivity contribution in [3.8, 4) is 18.1 Å². The number of para-hydroxylation sites is 1. The van der Waals surface area contributed by atoms with Crippen LogP contribution in [0.25, 0.3) is 6.08 Å². The largest absolute Gasteiger partial charge is 0.480 e. The van der Waals surface area contributed by atoms with E-state index in [1.165, 1.54) is 6.08 Å². The molecule has 5 nitrogen and oxygen atoms in total. The average Bonchev–Trinajstić information content (AvgIpc) is 2.47. The lowest BCUT2D eigenvalue weighted by molar-refractivity contribution is -0.135. The Balaban J connectivity index is 2.89. The molecule has 0 saturated carbocycles. The van der Waals surface area contributed by atoms with E-state index in [1.54, 1.807) is 31.2 Å². The number of oxime groups is 1. The molecule has 104 valence electrons. The van der Waals surface area contributed by atoms with Crippen LogP contribution < -0.4 is 4.74 Å². The van der Waals surface area contributed by atoms with Crippen LogP contribution in [0.5, 0.6) is 5.75 Å². The van der Waals surface area contributed by atoms with E-state index in [-0.39, 0.29) is 18.9 Å². The normalized spacial score (nSPS) is 11.1. The molecule has 1 aromatic carbocycles. The van der Waals surface area contributed by atoms with Crippen molar-refractivity contribution in [3.05, 3.63) is 35.9 Å². The fourth-order valence-corrected chi connectivity index (χ4v) is 1.39. The van der Waals surface area contributed by atoms with Crippen LogP contribution in [0.2, 0.25) is 0 Å². The number of carbonyl (C=O) groups excluding carboxylic acids is 1. The molecular weight excluding hydrogens is 258 g/mol. The predicted molar refractivity (Wildman–Crippen MR) is 75.7 cm³/mol. The van der Waals surface area contributed by atoms with Crippen LogP contribution in [0.15, 0.2) is 35.5 Å².